The van der Waals surface area contributed by atoms with Crippen LogP contribution in [0.25, 0.3) is 0 Å². The van der Waals surface area contributed by atoms with Crippen LogP contribution in [0.3, 0.4) is 0 Å². The zero-order chi connectivity index (χ0) is 21.7. The van der Waals surface area contributed by atoms with Gasteiger partial charge in [0, 0.05) is 0 Å². The first kappa shape index (κ1) is 25.0. The van der Waals surface area contributed by atoms with Crippen LogP contribution < -0.4 is 10.6 Å². The Hall–Kier alpha value is -1.25. The number of hydrogen-bond donors (Lipinski definition) is 3. The summed E-state index contributed by atoms with van der Waals surface area (Å²) in [6, 6.07) is 15.6. The zero-order valence-electron chi connectivity index (χ0n) is 18.7. The number of hydrogen-bond acceptors (Lipinski definition) is 3. The minimum absolute atomic E-state index is 0.186. The number of benzene rings is 2. The van der Waals surface area contributed by atoms with E-state index in [4.69, 9.17) is 0 Å². The second-order valence-electron chi connectivity index (χ2n) is 8.58. The predicted molar refractivity (Wildman–Crippen MR) is 131 cm³/mol. The van der Waals surface area contributed by atoms with E-state index in [0.717, 1.165) is 24.8 Å². The third kappa shape index (κ3) is 7.78. The summed E-state index contributed by atoms with van der Waals surface area (Å²) in [7, 11) is -5.09. The van der Waals surface area contributed by atoms with Gasteiger partial charge in [0.1, 0.15) is 0 Å². The molecule has 168 valence electrons. The van der Waals surface area contributed by atoms with Crippen molar-refractivity contribution in [3.05, 3.63) is 60.2 Å². The van der Waals surface area contributed by atoms with Crippen molar-refractivity contribution in [2.24, 2.45) is 0 Å². The van der Waals surface area contributed by atoms with Crippen LogP contribution in [0.2, 0.25) is 0 Å². The van der Waals surface area contributed by atoms with Crippen molar-refractivity contribution in [3.8, 4) is 0 Å². The third-order valence-electron chi connectivity index (χ3n) is 5.97. The van der Waals surface area contributed by atoms with E-state index in [0.29, 0.717) is 0 Å². The fourth-order valence-electron chi connectivity index (χ4n) is 4.12. The van der Waals surface area contributed by atoms with Gasteiger partial charge in [0.25, 0.3) is 0 Å². The molecule has 0 unspecified atom stereocenters. The van der Waals surface area contributed by atoms with Crippen LogP contribution in [0.5, 0.6) is 0 Å². The molecule has 3 nitrogen and oxygen atoms in total. The standard InChI is InChI=1S/C26H41O3P/c1-2-3-4-5-6-7-8-9-10-11-12-14-19-24-20-17-18-23-26(24)30(27,28,29)25-21-15-13-16-22-25/h13,15-18,20-23,27-29H,2-12,14,19H2,1H3. The van der Waals surface area contributed by atoms with Crippen molar-refractivity contribution in [1.29, 1.82) is 0 Å². The van der Waals surface area contributed by atoms with Crippen molar-refractivity contribution >= 4 is 17.9 Å². The molecule has 0 saturated heterocycles. The van der Waals surface area contributed by atoms with E-state index in [1.165, 1.54) is 64.2 Å². The molecule has 0 aliphatic rings. The fraction of sp³-hybridized carbons (Fsp3) is 0.538. The predicted octanol–water partition coefficient (Wildman–Crippen LogP) is 6.16. The summed E-state index contributed by atoms with van der Waals surface area (Å²) in [4.78, 5) is 32.8. The van der Waals surface area contributed by atoms with Crippen molar-refractivity contribution in [3.63, 3.8) is 0 Å². The molecule has 0 spiro atoms. The van der Waals surface area contributed by atoms with Crippen molar-refractivity contribution < 1.29 is 14.7 Å². The van der Waals surface area contributed by atoms with Gasteiger partial charge in [-0.2, -0.15) is 0 Å². The van der Waals surface area contributed by atoms with E-state index < -0.39 is 7.28 Å². The molecular formula is C26H41O3P. The maximum atomic E-state index is 10.9. The molecule has 2 aromatic rings. The quantitative estimate of drug-likeness (QED) is 0.233. The molecule has 30 heavy (non-hydrogen) atoms. The van der Waals surface area contributed by atoms with Gasteiger partial charge in [0.2, 0.25) is 0 Å². The van der Waals surface area contributed by atoms with Crippen molar-refractivity contribution in [2.75, 3.05) is 0 Å². The first-order chi connectivity index (χ1) is 14.4. The van der Waals surface area contributed by atoms with Crippen LogP contribution in [0.4, 0.5) is 0 Å². The molecule has 2 aromatic carbocycles. The third-order valence-corrected chi connectivity index (χ3v) is 8.54. The monoisotopic (exact) mass is 432 g/mol. The van der Waals surface area contributed by atoms with Crippen LogP contribution in [-0.2, 0) is 6.42 Å². The second kappa shape index (κ2) is 12.6. The van der Waals surface area contributed by atoms with E-state index in [2.05, 4.69) is 6.92 Å². The summed E-state index contributed by atoms with van der Waals surface area (Å²) in [5, 5.41) is 0.461. The topological polar surface area (TPSA) is 60.7 Å². The van der Waals surface area contributed by atoms with Gasteiger partial charge in [-0.3, -0.25) is 0 Å². The summed E-state index contributed by atoms with van der Waals surface area (Å²) < 4.78 is 0. The van der Waals surface area contributed by atoms with Crippen LogP contribution in [0.1, 0.15) is 89.5 Å². The van der Waals surface area contributed by atoms with E-state index >= 15 is 0 Å². The van der Waals surface area contributed by atoms with Gasteiger partial charge in [-0.1, -0.05) is 26.2 Å². The molecule has 0 amide bonds. The summed E-state index contributed by atoms with van der Waals surface area (Å²) in [6.07, 6.45) is 16.3. The van der Waals surface area contributed by atoms with Gasteiger partial charge in [-0.25, -0.2) is 0 Å². The van der Waals surface area contributed by atoms with Gasteiger partial charge in [0.05, 0.1) is 0 Å². The Bertz CT molecular complexity index is 722. The Balaban J connectivity index is 1.75. The molecule has 0 radical (unpaired) electrons. The molecule has 0 heterocycles. The SMILES string of the molecule is CCCCCCCCCCCCCCc1ccccc1P(O)(O)(O)c1ccccc1. The average molecular weight is 433 g/mol. The summed E-state index contributed by atoms with van der Waals surface area (Å²) in [5.41, 5.74) is 0.832. The molecule has 0 aliphatic heterocycles. The first-order valence-corrected chi connectivity index (χ1v) is 13.9. The summed E-state index contributed by atoms with van der Waals surface area (Å²) in [6.45, 7) is 2.26. The van der Waals surface area contributed by atoms with Crippen LogP contribution in [0.15, 0.2) is 54.6 Å². The van der Waals surface area contributed by atoms with E-state index in [-0.39, 0.29) is 10.6 Å². The van der Waals surface area contributed by atoms with Gasteiger partial charge in [-0.15, -0.1) is 0 Å². The van der Waals surface area contributed by atoms with Gasteiger partial charge >= 0.3 is 157 Å². The van der Waals surface area contributed by atoms with Crippen molar-refractivity contribution in [1.82, 2.24) is 0 Å². The first-order valence-electron chi connectivity index (χ1n) is 11.8. The summed E-state index contributed by atoms with van der Waals surface area (Å²) in [5.74, 6) is 0. The van der Waals surface area contributed by atoms with Crippen LogP contribution in [0, 0.1) is 0 Å². The van der Waals surface area contributed by atoms with Crippen LogP contribution >= 0.6 is 7.28 Å². The van der Waals surface area contributed by atoms with E-state index in [1.54, 1.807) is 42.5 Å². The second-order valence-corrected chi connectivity index (χ2v) is 11.5. The molecule has 0 fully saturated rings. The molecule has 4 heteroatoms. The Morgan fingerprint density at radius 3 is 1.60 bits per heavy atom. The Morgan fingerprint density at radius 2 is 1.03 bits per heavy atom. The normalized spacial score (nSPS) is 13.1. The number of unbranched alkanes of at least 4 members (excludes halogenated alkanes) is 11. The van der Waals surface area contributed by atoms with Gasteiger partial charge < -0.3 is 0 Å². The fourth-order valence-corrected chi connectivity index (χ4v) is 6.20. The summed E-state index contributed by atoms with van der Waals surface area (Å²) >= 11 is 0. The molecule has 0 bridgehead atoms. The Morgan fingerprint density at radius 1 is 0.567 bits per heavy atom. The molecule has 2 rings (SSSR count). The van der Waals surface area contributed by atoms with E-state index in [9.17, 15) is 14.7 Å². The molecule has 0 saturated carbocycles. The number of rotatable bonds is 15. The Kier molecular flexibility index (Phi) is 10.5. The number of aryl methyl sites for hydroxylation is 1. The molecule has 0 atom stereocenters. The van der Waals surface area contributed by atoms with Crippen molar-refractivity contribution in [2.45, 2.75) is 90.4 Å². The van der Waals surface area contributed by atoms with Gasteiger partial charge in [0.15, 0.2) is 0 Å². The minimum atomic E-state index is -5.09. The van der Waals surface area contributed by atoms with Gasteiger partial charge in [-0.05, 0) is 0 Å². The molecule has 3 N–H and O–H groups in total. The van der Waals surface area contributed by atoms with E-state index in [1.807, 2.05) is 12.1 Å². The molecule has 0 aromatic heterocycles. The average Bonchev–Trinajstić information content (AvgIpc) is 2.75. The van der Waals surface area contributed by atoms with Crippen LogP contribution in [-0.4, -0.2) is 14.7 Å². The Labute approximate surface area is 183 Å². The zero-order valence-corrected chi connectivity index (χ0v) is 19.6. The maximum absolute atomic E-state index is 10.9. The molecular weight excluding hydrogens is 391 g/mol. The molecule has 0 aliphatic carbocycles.